The van der Waals surface area contributed by atoms with Crippen molar-refractivity contribution in [3.8, 4) is 5.75 Å². The van der Waals surface area contributed by atoms with Crippen LogP contribution in [-0.2, 0) is 13.0 Å². The molecule has 1 aromatic carbocycles. The van der Waals surface area contributed by atoms with Crippen LogP contribution in [0.1, 0.15) is 30.0 Å². The highest BCUT2D eigenvalue weighted by Gasteiger charge is 2.14. The van der Waals surface area contributed by atoms with Gasteiger partial charge in [-0.25, -0.2) is 0 Å². The smallest absolute Gasteiger partial charge is 0.273 e. The first kappa shape index (κ1) is 14.4. The Kier molecular flexibility index (Phi) is 4.29. The minimum Gasteiger partial charge on any atom is -0.506 e. The van der Waals surface area contributed by atoms with Gasteiger partial charge in [0.1, 0.15) is 11.4 Å². The number of nitrogens with zero attached hydrogens (tertiary/aromatic N) is 2. The van der Waals surface area contributed by atoms with Gasteiger partial charge in [0.2, 0.25) is 0 Å². The molecule has 2 rings (SSSR count). The van der Waals surface area contributed by atoms with E-state index in [1.807, 2.05) is 13.8 Å². The molecule has 0 radical (unpaired) electrons. The number of aromatic hydroxyl groups is 1. The second-order valence-corrected chi connectivity index (χ2v) is 4.72. The van der Waals surface area contributed by atoms with E-state index >= 15 is 0 Å². The molecule has 2 aromatic rings. The molecule has 0 saturated carbocycles. The number of phenolic OH excluding ortho intramolecular Hbond substituents is 1. The van der Waals surface area contributed by atoms with Gasteiger partial charge in [0.05, 0.1) is 10.7 Å². The van der Waals surface area contributed by atoms with Gasteiger partial charge in [-0.1, -0.05) is 18.5 Å². The zero-order chi connectivity index (χ0) is 14.7. The summed E-state index contributed by atoms with van der Waals surface area (Å²) >= 11 is 5.73. The Morgan fingerprint density at radius 2 is 2.15 bits per heavy atom. The van der Waals surface area contributed by atoms with Crippen LogP contribution in [0.15, 0.2) is 24.3 Å². The molecule has 0 bridgehead atoms. The molecule has 2 N–H and O–H groups in total. The number of phenols is 1. The van der Waals surface area contributed by atoms with Crippen LogP contribution in [0.3, 0.4) is 0 Å². The fourth-order valence-corrected chi connectivity index (χ4v) is 1.97. The SMILES string of the molecule is CCc1cc(C(=O)Nc2ccc(Cl)c(O)c2)n(CC)n1. The lowest BCUT2D eigenvalue weighted by atomic mass is 10.2. The predicted octanol–water partition coefficient (Wildman–Crippen LogP) is 3.08. The van der Waals surface area contributed by atoms with Crippen LogP contribution in [-0.4, -0.2) is 20.8 Å². The summed E-state index contributed by atoms with van der Waals surface area (Å²) in [7, 11) is 0. The van der Waals surface area contributed by atoms with Crippen LogP contribution in [0.25, 0.3) is 0 Å². The van der Waals surface area contributed by atoms with Gasteiger partial charge < -0.3 is 10.4 Å². The van der Waals surface area contributed by atoms with Gasteiger partial charge >= 0.3 is 0 Å². The predicted molar refractivity (Wildman–Crippen MR) is 78.3 cm³/mol. The van der Waals surface area contributed by atoms with Crippen LogP contribution in [0, 0.1) is 0 Å². The van der Waals surface area contributed by atoms with Gasteiger partial charge in [0.15, 0.2) is 0 Å². The lowest BCUT2D eigenvalue weighted by molar-refractivity contribution is 0.101. The van der Waals surface area contributed by atoms with Gasteiger partial charge in [0, 0.05) is 18.3 Å². The third kappa shape index (κ3) is 2.93. The Labute approximate surface area is 122 Å². The first-order valence-electron chi connectivity index (χ1n) is 6.41. The second kappa shape index (κ2) is 5.96. The van der Waals surface area contributed by atoms with Crippen molar-refractivity contribution >= 4 is 23.2 Å². The van der Waals surface area contributed by atoms with Gasteiger partial charge in [-0.2, -0.15) is 5.10 Å². The first-order chi connectivity index (χ1) is 9.55. The van der Waals surface area contributed by atoms with Crippen LogP contribution in [0.5, 0.6) is 5.75 Å². The number of aryl methyl sites for hydroxylation is 2. The molecule has 6 heteroatoms. The highest BCUT2D eigenvalue weighted by Crippen LogP contribution is 2.26. The molecule has 0 saturated heterocycles. The Morgan fingerprint density at radius 1 is 1.40 bits per heavy atom. The number of anilines is 1. The van der Waals surface area contributed by atoms with Gasteiger partial charge in [0.25, 0.3) is 5.91 Å². The molecule has 0 aliphatic carbocycles. The number of hydrogen-bond acceptors (Lipinski definition) is 3. The van der Waals surface area contributed by atoms with Gasteiger partial charge in [-0.05, 0) is 31.5 Å². The molecule has 1 heterocycles. The number of halogens is 1. The summed E-state index contributed by atoms with van der Waals surface area (Å²) in [5.74, 6) is -0.330. The minimum atomic E-state index is -0.263. The molecule has 20 heavy (non-hydrogen) atoms. The summed E-state index contributed by atoms with van der Waals surface area (Å²) in [6, 6.07) is 6.34. The molecule has 0 atom stereocenters. The fourth-order valence-electron chi connectivity index (χ4n) is 1.85. The maximum Gasteiger partial charge on any atom is 0.273 e. The summed E-state index contributed by atoms with van der Waals surface area (Å²) in [6.45, 7) is 4.53. The molecular weight excluding hydrogens is 278 g/mol. The van der Waals surface area contributed by atoms with Gasteiger partial charge in [-0.3, -0.25) is 9.48 Å². The summed E-state index contributed by atoms with van der Waals surface area (Å²) in [4.78, 5) is 12.2. The third-order valence-electron chi connectivity index (χ3n) is 2.93. The molecule has 5 nitrogen and oxygen atoms in total. The van der Waals surface area contributed by atoms with E-state index in [-0.39, 0.29) is 16.7 Å². The topological polar surface area (TPSA) is 67.2 Å². The maximum absolute atomic E-state index is 12.2. The van der Waals surface area contributed by atoms with Crippen LogP contribution in [0.2, 0.25) is 5.02 Å². The van der Waals surface area contributed by atoms with Crippen LogP contribution >= 0.6 is 11.6 Å². The Hall–Kier alpha value is -2.01. The number of carbonyl (C=O) groups is 1. The molecule has 0 fully saturated rings. The second-order valence-electron chi connectivity index (χ2n) is 4.31. The molecule has 0 unspecified atom stereocenters. The molecule has 0 aliphatic heterocycles. The van der Waals surface area contributed by atoms with Gasteiger partial charge in [-0.15, -0.1) is 0 Å². The highest BCUT2D eigenvalue weighted by atomic mass is 35.5. The number of carbonyl (C=O) groups excluding carboxylic acids is 1. The summed E-state index contributed by atoms with van der Waals surface area (Å²) in [5, 5.41) is 16.8. The lowest BCUT2D eigenvalue weighted by Crippen LogP contribution is -2.17. The average Bonchev–Trinajstić information content (AvgIpc) is 2.86. The van der Waals surface area contributed by atoms with E-state index in [1.54, 1.807) is 16.8 Å². The normalized spacial score (nSPS) is 10.6. The summed E-state index contributed by atoms with van der Waals surface area (Å²) < 4.78 is 1.66. The van der Waals surface area contributed by atoms with E-state index in [1.165, 1.54) is 12.1 Å². The minimum absolute atomic E-state index is 0.0669. The van der Waals surface area contributed by atoms with Crippen LogP contribution in [0.4, 0.5) is 5.69 Å². The van der Waals surface area contributed by atoms with Crippen molar-refractivity contribution < 1.29 is 9.90 Å². The number of hydrogen-bond donors (Lipinski definition) is 2. The molecule has 0 aliphatic rings. The van der Waals surface area contributed by atoms with E-state index < -0.39 is 0 Å². The molecule has 0 spiro atoms. The fraction of sp³-hybridized carbons (Fsp3) is 0.286. The Bertz CT molecular complexity index is 637. The molecule has 1 amide bonds. The zero-order valence-electron chi connectivity index (χ0n) is 11.4. The average molecular weight is 294 g/mol. The third-order valence-corrected chi connectivity index (χ3v) is 3.25. The Balaban J connectivity index is 2.23. The van der Waals surface area contributed by atoms with E-state index in [4.69, 9.17) is 11.6 Å². The van der Waals surface area contributed by atoms with Crippen molar-refractivity contribution in [2.24, 2.45) is 0 Å². The zero-order valence-corrected chi connectivity index (χ0v) is 12.1. The monoisotopic (exact) mass is 293 g/mol. The number of aromatic nitrogens is 2. The number of benzene rings is 1. The summed E-state index contributed by atoms with van der Waals surface area (Å²) in [5.41, 5.74) is 1.86. The number of amides is 1. The van der Waals surface area contributed by atoms with Crippen molar-refractivity contribution in [2.45, 2.75) is 26.8 Å². The van der Waals surface area contributed by atoms with Crippen LogP contribution < -0.4 is 5.32 Å². The van der Waals surface area contributed by atoms with E-state index in [0.29, 0.717) is 17.9 Å². The highest BCUT2D eigenvalue weighted by molar-refractivity contribution is 6.32. The quantitative estimate of drug-likeness (QED) is 0.910. The number of nitrogens with one attached hydrogen (secondary N) is 1. The van der Waals surface area contributed by atoms with Crippen molar-refractivity contribution in [3.05, 3.63) is 40.7 Å². The molecular formula is C14H16ClN3O2. The lowest BCUT2D eigenvalue weighted by Gasteiger charge is -2.07. The largest absolute Gasteiger partial charge is 0.506 e. The first-order valence-corrected chi connectivity index (χ1v) is 6.79. The van der Waals surface area contributed by atoms with E-state index in [9.17, 15) is 9.90 Å². The Morgan fingerprint density at radius 3 is 2.75 bits per heavy atom. The van der Waals surface area contributed by atoms with E-state index in [0.717, 1.165) is 12.1 Å². The van der Waals surface area contributed by atoms with E-state index in [2.05, 4.69) is 10.4 Å². The summed E-state index contributed by atoms with van der Waals surface area (Å²) in [6.07, 6.45) is 0.773. The number of rotatable bonds is 4. The molecule has 1 aromatic heterocycles. The van der Waals surface area contributed by atoms with Crippen molar-refractivity contribution in [1.29, 1.82) is 0 Å². The van der Waals surface area contributed by atoms with Crippen molar-refractivity contribution in [1.82, 2.24) is 9.78 Å². The molecule has 106 valence electrons. The van der Waals surface area contributed by atoms with Crippen molar-refractivity contribution in [3.63, 3.8) is 0 Å². The maximum atomic E-state index is 12.2. The standard InChI is InChI=1S/C14H16ClN3O2/c1-3-9-7-12(18(4-2)17-9)14(20)16-10-5-6-11(15)13(19)8-10/h5-8,19H,3-4H2,1-2H3,(H,16,20). The van der Waals surface area contributed by atoms with Crippen molar-refractivity contribution in [2.75, 3.05) is 5.32 Å².